The molecule has 0 radical (unpaired) electrons. The van der Waals surface area contributed by atoms with Crippen molar-refractivity contribution in [2.75, 3.05) is 0 Å². The summed E-state index contributed by atoms with van der Waals surface area (Å²) >= 11 is 7.10. The second kappa shape index (κ2) is 9.05. The maximum Gasteiger partial charge on any atom is 0.280 e. The Morgan fingerprint density at radius 3 is 2.39 bits per heavy atom. The van der Waals surface area contributed by atoms with Crippen molar-refractivity contribution in [3.63, 3.8) is 0 Å². The number of nitrogens with zero attached hydrogens (tertiary/aromatic N) is 1. The highest BCUT2D eigenvalue weighted by Gasteiger charge is 2.22. The molecule has 0 amide bonds. The van der Waals surface area contributed by atoms with Gasteiger partial charge in [-0.1, -0.05) is 46.3 Å². The van der Waals surface area contributed by atoms with Crippen molar-refractivity contribution in [3.05, 3.63) is 74.8 Å². The third-order valence-corrected chi connectivity index (χ3v) is 3.68. The summed E-state index contributed by atoms with van der Waals surface area (Å²) in [6.45, 7) is 1.84. The highest BCUT2D eigenvalue weighted by atomic mass is 79.9. The molecule has 0 saturated heterocycles. The molecule has 0 unspecified atom stereocenters. The van der Waals surface area contributed by atoms with Crippen molar-refractivity contribution < 1.29 is 9.72 Å². The third kappa shape index (κ3) is 4.89. The zero-order chi connectivity index (χ0) is 17.4. The van der Waals surface area contributed by atoms with E-state index in [1.165, 1.54) is 6.07 Å². The first-order chi connectivity index (χ1) is 11.0. The number of aryl methyl sites for hydroxylation is 1. The average molecular weight is 393 g/mol. The molecule has 118 valence electrons. The van der Waals surface area contributed by atoms with Gasteiger partial charge in [-0.2, -0.15) is 0 Å². The van der Waals surface area contributed by atoms with E-state index in [4.69, 9.17) is 5.41 Å². The first-order valence-electron chi connectivity index (χ1n) is 6.43. The van der Waals surface area contributed by atoms with E-state index in [1.807, 2.05) is 6.92 Å². The fraction of sp³-hybridized carbons (Fsp3) is 0.125. The molecule has 0 aliphatic carbocycles. The van der Waals surface area contributed by atoms with Gasteiger partial charge < -0.3 is 0 Å². The summed E-state index contributed by atoms with van der Waals surface area (Å²) in [5.41, 5.74) is 2.08. The molecule has 0 heterocycles. The Kier molecular flexibility index (Phi) is 7.41. The van der Waals surface area contributed by atoms with Crippen LogP contribution < -0.4 is 0 Å². The van der Waals surface area contributed by atoms with Gasteiger partial charge in [0, 0.05) is 17.0 Å². The smallest absolute Gasteiger partial charge is 0.280 e. The summed E-state index contributed by atoms with van der Waals surface area (Å²) in [6.07, 6.45) is 0. The molecule has 0 bridgehead atoms. The summed E-state index contributed by atoms with van der Waals surface area (Å²) in [4.78, 5) is 23.1. The molecule has 0 aromatic heterocycles. The predicted octanol–water partition coefficient (Wildman–Crippen LogP) is 4.70. The quantitative estimate of drug-likeness (QED) is 0.204. The van der Waals surface area contributed by atoms with Gasteiger partial charge >= 0.3 is 0 Å². The van der Waals surface area contributed by atoms with Gasteiger partial charge in [0.15, 0.2) is 5.78 Å². The van der Waals surface area contributed by atoms with Crippen LogP contribution >= 0.6 is 28.1 Å². The van der Waals surface area contributed by atoms with E-state index in [0.717, 1.165) is 11.1 Å². The van der Waals surface area contributed by atoms with Crippen molar-refractivity contribution in [2.24, 2.45) is 0 Å². The van der Waals surface area contributed by atoms with Crippen LogP contribution in [0.4, 0.5) is 5.69 Å². The van der Waals surface area contributed by atoms with Gasteiger partial charge in [0.1, 0.15) is 5.56 Å². The molecule has 0 atom stereocenters. The van der Waals surface area contributed by atoms with Gasteiger partial charge in [0.2, 0.25) is 0 Å². The van der Waals surface area contributed by atoms with E-state index in [0.29, 0.717) is 10.9 Å². The highest BCUT2D eigenvalue weighted by Crippen LogP contribution is 2.27. The molecule has 7 heteroatoms. The maximum atomic E-state index is 12.4. The summed E-state index contributed by atoms with van der Waals surface area (Å²) in [6, 6.07) is 11.6. The maximum absolute atomic E-state index is 12.4. The van der Waals surface area contributed by atoms with Crippen molar-refractivity contribution >= 4 is 44.8 Å². The van der Waals surface area contributed by atoms with E-state index in [2.05, 4.69) is 28.1 Å². The second-order valence-corrected chi connectivity index (χ2v) is 5.25. The standard InChI is InChI=1S/C15H12BrNO3.CHNS/c1-10-7-13(14(17(19)20)8-12(10)9-16)15(18)11-5-3-2-4-6-11;2-1-3/h2-8H,9H2,1H3;2H. The minimum absolute atomic E-state index is 0.128. The Labute approximate surface area is 147 Å². The lowest BCUT2D eigenvalue weighted by molar-refractivity contribution is -0.385. The number of rotatable bonds is 4. The lowest BCUT2D eigenvalue weighted by atomic mass is 9.97. The molecule has 5 nitrogen and oxygen atoms in total. The summed E-state index contributed by atoms with van der Waals surface area (Å²) in [7, 11) is 0. The number of hydrogen-bond donors (Lipinski definition) is 1. The topological polar surface area (TPSA) is 84.1 Å². The first-order valence-corrected chi connectivity index (χ1v) is 7.96. The molecule has 2 aromatic carbocycles. The van der Waals surface area contributed by atoms with Crippen molar-refractivity contribution in [1.29, 1.82) is 5.41 Å². The Morgan fingerprint density at radius 2 is 1.91 bits per heavy atom. The van der Waals surface area contributed by atoms with Crippen LogP contribution in [0.15, 0.2) is 42.5 Å². The first kappa shape index (κ1) is 18.8. The predicted molar refractivity (Wildman–Crippen MR) is 95.7 cm³/mol. The molecule has 1 N–H and O–H groups in total. The van der Waals surface area contributed by atoms with Crippen molar-refractivity contribution in [3.8, 4) is 0 Å². The Hall–Kier alpha value is -2.21. The van der Waals surface area contributed by atoms with Crippen molar-refractivity contribution in [1.82, 2.24) is 0 Å². The molecule has 0 spiro atoms. The molecule has 0 aliphatic heterocycles. The zero-order valence-electron chi connectivity index (χ0n) is 12.2. The molecule has 0 fully saturated rings. The fourth-order valence-corrected chi connectivity index (χ4v) is 2.57. The number of hydrogen-bond acceptors (Lipinski definition) is 5. The SMILES string of the molecule is Cc1cc(C(=O)c2ccccc2)c([N+](=O)[O-])cc1CBr.N=C=S. The van der Waals surface area contributed by atoms with Crippen LogP contribution in [-0.4, -0.2) is 15.9 Å². The minimum atomic E-state index is -0.512. The van der Waals surface area contributed by atoms with Gasteiger partial charge in [-0.15, -0.1) is 0 Å². The largest absolute Gasteiger partial charge is 0.288 e. The van der Waals surface area contributed by atoms with Gasteiger partial charge in [0.25, 0.3) is 5.69 Å². The Bertz CT molecular complexity index is 757. The van der Waals surface area contributed by atoms with Crippen LogP contribution in [0.1, 0.15) is 27.0 Å². The molecule has 23 heavy (non-hydrogen) atoms. The van der Waals surface area contributed by atoms with Gasteiger partial charge in [-0.3, -0.25) is 14.9 Å². The Balaban J connectivity index is 0.000000816. The van der Waals surface area contributed by atoms with Crippen LogP contribution in [0.25, 0.3) is 0 Å². The van der Waals surface area contributed by atoms with E-state index in [9.17, 15) is 14.9 Å². The van der Waals surface area contributed by atoms with E-state index >= 15 is 0 Å². The van der Waals surface area contributed by atoms with Gasteiger partial charge in [0.05, 0.1) is 10.1 Å². The van der Waals surface area contributed by atoms with E-state index in [1.54, 1.807) is 41.6 Å². The molecular weight excluding hydrogens is 380 g/mol. The number of nitro groups is 1. The molecule has 0 saturated carbocycles. The number of carbonyl (C=O) groups excluding carboxylic acids is 1. The normalized spacial score (nSPS) is 9.30. The van der Waals surface area contributed by atoms with E-state index in [-0.39, 0.29) is 17.0 Å². The average Bonchev–Trinajstić information content (AvgIpc) is 2.55. The minimum Gasteiger partial charge on any atom is -0.288 e. The molecule has 2 rings (SSSR count). The Morgan fingerprint density at radius 1 is 1.35 bits per heavy atom. The number of halogens is 1. The lowest BCUT2D eigenvalue weighted by Crippen LogP contribution is -2.07. The number of benzene rings is 2. The van der Waals surface area contributed by atoms with Crippen LogP contribution in [0.3, 0.4) is 0 Å². The van der Waals surface area contributed by atoms with Crippen LogP contribution in [-0.2, 0) is 5.33 Å². The molecule has 2 aromatic rings. The van der Waals surface area contributed by atoms with Gasteiger partial charge in [-0.05, 0) is 36.3 Å². The second-order valence-electron chi connectivity index (χ2n) is 4.48. The molecular formula is C16H13BrN2O3S. The zero-order valence-corrected chi connectivity index (χ0v) is 14.6. The summed E-state index contributed by atoms with van der Waals surface area (Å²) in [5, 5.41) is 19.0. The van der Waals surface area contributed by atoms with Gasteiger partial charge in [-0.25, -0.2) is 5.41 Å². The van der Waals surface area contributed by atoms with Crippen LogP contribution in [0.5, 0.6) is 0 Å². The monoisotopic (exact) mass is 392 g/mol. The number of ketones is 1. The van der Waals surface area contributed by atoms with Crippen LogP contribution in [0, 0.1) is 22.4 Å². The fourth-order valence-electron chi connectivity index (χ4n) is 1.96. The number of carbonyl (C=O) groups is 1. The number of isothiocyanates is 1. The third-order valence-electron chi connectivity index (χ3n) is 3.08. The highest BCUT2D eigenvalue weighted by molar-refractivity contribution is 9.08. The van der Waals surface area contributed by atoms with E-state index < -0.39 is 4.92 Å². The molecule has 0 aliphatic rings. The van der Waals surface area contributed by atoms with Crippen molar-refractivity contribution in [2.45, 2.75) is 12.3 Å². The van der Waals surface area contributed by atoms with Crippen LogP contribution in [0.2, 0.25) is 0 Å². The summed E-state index contributed by atoms with van der Waals surface area (Å²) in [5.74, 6) is -0.332. The number of thiocarbonyl (C=S) groups is 1. The number of alkyl halides is 1. The summed E-state index contributed by atoms with van der Waals surface area (Å²) < 4.78 is 0. The lowest BCUT2D eigenvalue weighted by Gasteiger charge is -2.07. The number of nitrogens with one attached hydrogen (secondary N) is 1. The number of nitro benzene ring substituents is 1.